The highest BCUT2D eigenvalue weighted by Crippen LogP contribution is 2.34. The van der Waals surface area contributed by atoms with E-state index >= 15 is 0 Å². The van der Waals surface area contributed by atoms with Crippen LogP contribution in [0.4, 0.5) is 0 Å². The molecule has 0 saturated carbocycles. The van der Waals surface area contributed by atoms with E-state index in [1.807, 2.05) is 12.1 Å². The molecular weight excluding hydrogens is 268 g/mol. The number of methoxy groups -OCH3 is 3. The summed E-state index contributed by atoms with van der Waals surface area (Å²) in [4.78, 5) is 2.26. The quantitative estimate of drug-likeness (QED) is 0.670. The maximum atomic E-state index is 5.45. The van der Waals surface area contributed by atoms with E-state index in [0.717, 1.165) is 49.7 Å². The summed E-state index contributed by atoms with van der Waals surface area (Å²) in [5.41, 5.74) is 1.09. The topological polar surface area (TPSA) is 43.0 Å². The Kier molecular flexibility index (Phi) is 7.93. The molecule has 1 N–H and O–H groups in total. The highest BCUT2D eigenvalue weighted by Gasteiger charge is 2.13. The van der Waals surface area contributed by atoms with E-state index in [4.69, 9.17) is 14.2 Å². The fraction of sp³-hybridized carbons (Fsp3) is 0.625. The lowest BCUT2D eigenvalue weighted by molar-refractivity contribution is 0.310. The first-order chi connectivity index (χ1) is 10.2. The predicted molar refractivity (Wildman–Crippen MR) is 85.6 cm³/mol. The van der Waals surface area contributed by atoms with Crippen LogP contribution < -0.4 is 19.5 Å². The lowest BCUT2D eigenvalue weighted by atomic mass is 10.1. The molecule has 0 bridgehead atoms. The zero-order valence-corrected chi connectivity index (χ0v) is 13.9. The minimum absolute atomic E-state index is 0.686. The molecule has 0 aliphatic rings. The van der Waals surface area contributed by atoms with Crippen LogP contribution in [-0.4, -0.2) is 52.9 Å². The van der Waals surface area contributed by atoms with Crippen molar-refractivity contribution in [3.63, 3.8) is 0 Å². The van der Waals surface area contributed by atoms with Crippen molar-refractivity contribution in [2.45, 2.75) is 19.9 Å². The van der Waals surface area contributed by atoms with Crippen LogP contribution in [0.3, 0.4) is 0 Å². The molecule has 0 aromatic heterocycles. The predicted octanol–water partition coefficient (Wildman–Crippen LogP) is 2.14. The van der Waals surface area contributed by atoms with Gasteiger partial charge in [0.05, 0.1) is 21.3 Å². The second-order valence-electron chi connectivity index (χ2n) is 5.01. The Hall–Kier alpha value is -1.46. The fourth-order valence-electron chi connectivity index (χ4n) is 2.16. The van der Waals surface area contributed by atoms with Gasteiger partial charge in [0.1, 0.15) is 5.75 Å². The van der Waals surface area contributed by atoms with E-state index in [9.17, 15) is 0 Å². The average molecular weight is 296 g/mol. The number of hydrogen-bond donors (Lipinski definition) is 1. The van der Waals surface area contributed by atoms with E-state index in [1.165, 1.54) is 0 Å². The van der Waals surface area contributed by atoms with Gasteiger partial charge in [0.15, 0.2) is 11.5 Å². The Bertz CT molecular complexity index is 424. The molecule has 5 heteroatoms. The maximum absolute atomic E-state index is 5.45. The number of benzene rings is 1. The van der Waals surface area contributed by atoms with Gasteiger partial charge < -0.3 is 24.4 Å². The second-order valence-corrected chi connectivity index (χ2v) is 5.01. The Labute approximate surface area is 128 Å². The van der Waals surface area contributed by atoms with Crippen molar-refractivity contribution in [2.24, 2.45) is 0 Å². The first kappa shape index (κ1) is 17.6. The van der Waals surface area contributed by atoms with Gasteiger partial charge in [-0.1, -0.05) is 6.92 Å². The zero-order valence-electron chi connectivity index (χ0n) is 13.9. The Balaban J connectivity index is 2.72. The molecule has 0 fully saturated rings. The summed E-state index contributed by atoms with van der Waals surface area (Å²) in [5, 5.41) is 3.40. The van der Waals surface area contributed by atoms with Crippen LogP contribution >= 0.6 is 0 Å². The average Bonchev–Trinajstić information content (AvgIpc) is 2.51. The van der Waals surface area contributed by atoms with Crippen molar-refractivity contribution < 1.29 is 14.2 Å². The largest absolute Gasteiger partial charge is 0.496 e. The van der Waals surface area contributed by atoms with Crippen molar-refractivity contribution in [3.8, 4) is 17.2 Å². The first-order valence-electron chi connectivity index (χ1n) is 7.34. The van der Waals surface area contributed by atoms with Gasteiger partial charge in [-0.25, -0.2) is 0 Å². The highest BCUT2D eigenvalue weighted by molar-refractivity contribution is 5.50. The zero-order chi connectivity index (χ0) is 15.7. The molecule has 21 heavy (non-hydrogen) atoms. The number of nitrogens with one attached hydrogen (secondary N) is 1. The number of likely N-dealkylation sites (N-methyl/N-ethyl adjacent to an activating group) is 1. The molecule has 0 unspecified atom stereocenters. The third-order valence-electron chi connectivity index (χ3n) is 3.32. The third-order valence-corrected chi connectivity index (χ3v) is 3.32. The van der Waals surface area contributed by atoms with Gasteiger partial charge in [0.25, 0.3) is 0 Å². The normalized spacial score (nSPS) is 10.8. The van der Waals surface area contributed by atoms with Crippen LogP contribution in [-0.2, 0) is 6.54 Å². The molecule has 0 amide bonds. The maximum Gasteiger partial charge on any atom is 0.164 e. The van der Waals surface area contributed by atoms with Crippen LogP contribution in [0.2, 0.25) is 0 Å². The van der Waals surface area contributed by atoms with Crippen molar-refractivity contribution in [3.05, 3.63) is 17.7 Å². The summed E-state index contributed by atoms with van der Waals surface area (Å²) in [6.45, 7) is 6.01. The summed E-state index contributed by atoms with van der Waals surface area (Å²) < 4.78 is 16.1. The second kappa shape index (κ2) is 9.47. The SMILES string of the molecule is CCCNCCN(C)Cc1cc(OC)c(OC)cc1OC. The summed E-state index contributed by atoms with van der Waals surface area (Å²) in [7, 11) is 7.05. The van der Waals surface area contributed by atoms with Gasteiger partial charge in [-0.05, 0) is 26.1 Å². The summed E-state index contributed by atoms with van der Waals surface area (Å²) >= 11 is 0. The van der Waals surface area contributed by atoms with Gasteiger partial charge >= 0.3 is 0 Å². The molecule has 0 aliphatic heterocycles. The van der Waals surface area contributed by atoms with Crippen LogP contribution in [0.15, 0.2) is 12.1 Å². The number of rotatable bonds is 10. The van der Waals surface area contributed by atoms with Crippen LogP contribution in [0, 0.1) is 0 Å². The van der Waals surface area contributed by atoms with Gasteiger partial charge in [-0.3, -0.25) is 0 Å². The number of ether oxygens (including phenoxy) is 3. The van der Waals surface area contributed by atoms with Crippen molar-refractivity contribution in [1.29, 1.82) is 0 Å². The minimum Gasteiger partial charge on any atom is -0.496 e. The summed E-state index contributed by atoms with van der Waals surface area (Å²) in [6.07, 6.45) is 1.16. The van der Waals surface area contributed by atoms with E-state index < -0.39 is 0 Å². The fourth-order valence-corrected chi connectivity index (χ4v) is 2.16. The van der Waals surface area contributed by atoms with Gasteiger partial charge in [0.2, 0.25) is 0 Å². The number of nitrogens with zero attached hydrogens (tertiary/aromatic N) is 1. The van der Waals surface area contributed by atoms with E-state index in [2.05, 4.69) is 24.2 Å². The van der Waals surface area contributed by atoms with Crippen molar-refractivity contribution in [1.82, 2.24) is 10.2 Å². The third kappa shape index (κ3) is 5.44. The standard InChI is InChI=1S/C16H28N2O3/c1-6-7-17-8-9-18(2)12-13-10-15(20-4)16(21-5)11-14(13)19-3/h10-11,17H,6-9,12H2,1-5H3. The molecule has 0 aliphatic carbocycles. The van der Waals surface area contributed by atoms with Crippen LogP contribution in [0.5, 0.6) is 17.2 Å². The summed E-state index contributed by atoms with van der Waals surface area (Å²) in [5.74, 6) is 2.23. The lowest BCUT2D eigenvalue weighted by Crippen LogP contribution is -2.29. The smallest absolute Gasteiger partial charge is 0.164 e. The molecule has 0 radical (unpaired) electrons. The Morgan fingerprint density at radius 1 is 0.952 bits per heavy atom. The molecule has 0 heterocycles. The molecule has 1 aromatic rings. The molecule has 1 rings (SSSR count). The van der Waals surface area contributed by atoms with Crippen LogP contribution in [0.1, 0.15) is 18.9 Å². The van der Waals surface area contributed by atoms with E-state index in [0.29, 0.717) is 5.75 Å². The lowest BCUT2D eigenvalue weighted by Gasteiger charge is -2.20. The van der Waals surface area contributed by atoms with Crippen LogP contribution in [0.25, 0.3) is 0 Å². The Morgan fingerprint density at radius 2 is 1.57 bits per heavy atom. The van der Waals surface area contributed by atoms with Gasteiger partial charge in [-0.15, -0.1) is 0 Å². The summed E-state index contributed by atoms with van der Waals surface area (Å²) in [6, 6.07) is 3.85. The molecular formula is C16H28N2O3. The van der Waals surface area contributed by atoms with E-state index in [-0.39, 0.29) is 0 Å². The van der Waals surface area contributed by atoms with E-state index in [1.54, 1.807) is 21.3 Å². The molecule has 0 atom stereocenters. The Morgan fingerprint density at radius 3 is 2.14 bits per heavy atom. The molecule has 0 saturated heterocycles. The number of hydrogen-bond acceptors (Lipinski definition) is 5. The minimum atomic E-state index is 0.686. The molecule has 1 aromatic carbocycles. The molecule has 120 valence electrons. The monoisotopic (exact) mass is 296 g/mol. The first-order valence-corrected chi connectivity index (χ1v) is 7.34. The highest BCUT2D eigenvalue weighted by atomic mass is 16.5. The molecule has 0 spiro atoms. The van der Waals surface area contributed by atoms with Crippen molar-refractivity contribution >= 4 is 0 Å². The molecule has 5 nitrogen and oxygen atoms in total. The van der Waals surface area contributed by atoms with Gasteiger partial charge in [-0.2, -0.15) is 0 Å². The van der Waals surface area contributed by atoms with Crippen molar-refractivity contribution in [2.75, 3.05) is 48.0 Å². The van der Waals surface area contributed by atoms with Gasteiger partial charge in [0, 0.05) is 31.3 Å².